The van der Waals surface area contributed by atoms with Crippen molar-refractivity contribution in [2.75, 3.05) is 20.8 Å². The van der Waals surface area contributed by atoms with Gasteiger partial charge in [0.1, 0.15) is 17.3 Å². The highest BCUT2D eigenvalue weighted by Gasteiger charge is 2.07. The molecule has 0 aliphatic carbocycles. The van der Waals surface area contributed by atoms with Crippen LogP contribution in [0.4, 0.5) is 4.39 Å². The van der Waals surface area contributed by atoms with Gasteiger partial charge in [0.15, 0.2) is 6.73 Å². The Balaban J connectivity index is 2.26. The molecule has 5 heteroatoms. The van der Waals surface area contributed by atoms with Gasteiger partial charge < -0.3 is 9.94 Å². The predicted molar refractivity (Wildman–Crippen MR) is 89.7 cm³/mol. The second-order valence-electron chi connectivity index (χ2n) is 5.22. The van der Waals surface area contributed by atoms with Gasteiger partial charge >= 0.3 is 0 Å². The Morgan fingerprint density at radius 3 is 2.52 bits per heavy atom. The van der Waals surface area contributed by atoms with Gasteiger partial charge in [0.25, 0.3) is 0 Å². The van der Waals surface area contributed by atoms with Gasteiger partial charge in [-0.15, -0.1) is 0 Å². The first-order valence-corrected chi connectivity index (χ1v) is 7.13. The lowest BCUT2D eigenvalue weighted by Gasteiger charge is -2.08. The quantitative estimate of drug-likeness (QED) is 0.504. The molecule has 2 rings (SSSR count). The molecule has 0 spiro atoms. The van der Waals surface area contributed by atoms with Gasteiger partial charge in [0.2, 0.25) is 0 Å². The van der Waals surface area contributed by atoms with E-state index in [-0.39, 0.29) is 11.6 Å². The number of aromatic hydroxyl groups is 1. The summed E-state index contributed by atoms with van der Waals surface area (Å²) in [5.74, 6) is -0.172. The van der Waals surface area contributed by atoms with E-state index >= 15 is 0 Å². The molecule has 2 aromatic carbocycles. The summed E-state index contributed by atoms with van der Waals surface area (Å²) >= 11 is 0. The van der Waals surface area contributed by atoms with Crippen molar-refractivity contribution in [1.29, 1.82) is 0 Å². The summed E-state index contributed by atoms with van der Waals surface area (Å²) in [4.78, 5) is 7.04. The third kappa shape index (κ3) is 5.23. The van der Waals surface area contributed by atoms with Crippen LogP contribution in [-0.2, 0) is 4.84 Å². The minimum atomic E-state index is -0.366. The Kier molecular flexibility index (Phi) is 5.88. The van der Waals surface area contributed by atoms with Crippen LogP contribution in [0, 0.1) is 5.82 Å². The fourth-order valence-electron chi connectivity index (χ4n) is 1.81. The van der Waals surface area contributed by atoms with Crippen LogP contribution < -0.4 is 0 Å². The maximum Gasteiger partial charge on any atom is 0.170 e. The molecule has 0 unspecified atom stereocenters. The van der Waals surface area contributed by atoms with Crippen molar-refractivity contribution in [2.45, 2.75) is 0 Å². The van der Waals surface area contributed by atoms with Gasteiger partial charge in [0.05, 0.1) is 0 Å². The van der Waals surface area contributed by atoms with Gasteiger partial charge in [0, 0.05) is 5.56 Å². The Labute approximate surface area is 135 Å². The zero-order valence-electron chi connectivity index (χ0n) is 13.1. The molecule has 0 saturated heterocycles. The van der Waals surface area contributed by atoms with Crippen molar-refractivity contribution in [3.05, 3.63) is 71.6 Å². The SMILES string of the molecule is CN(C)CO/N=C(/C=C/c1ccc(O)cc1)c1ccccc1F. The summed E-state index contributed by atoms with van der Waals surface area (Å²) in [6, 6.07) is 13.1. The second-order valence-corrected chi connectivity index (χ2v) is 5.22. The molecule has 120 valence electrons. The molecular weight excluding hydrogens is 295 g/mol. The Hall–Kier alpha value is -2.66. The number of oxime groups is 1. The predicted octanol–water partition coefficient (Wildman–Crippen LogP) is 3.48. The van der Waals surface area contributed by atoms with E-state index in [1.54, 1.807) is 54.6 Å². The van der Waals surface area contributed by atoms with Gasteiger partial charge in [-0.05, 0) is 50.0 Å². The molecule has 0 atom stereocenters. The molecule has 0 amide bonds. The lowest BCUT2D eigenvalue weighted by atomic mass is 10.1. The van der Waals surface area contributed by atoms with E-state index in [9.17, 15) is 9.50 Å². The number of halogens is 1. The summed E-state index contributed by atoms with van der Waals surface area (Å²) in [6.07, 6.45) is 3.46. The Morgan fingerprint density at radius 2 is 1.87 bits per heavy atom. The first kappa shape index (κ1) is 16.7. The molecule has 0 radical (unpaired) electrons. The van der Waals surface area contributed by atoms with E-state index in [2.05, 4.69) is 5.16 Å². The molecule has 0 aromatic heterocycles. The van der Waals surface area contributed by atoms with E-state index in [1.807, 2.05) is 19.0 Å². The van der Waals surface area contributed by atoms with Crippen molar-refractivity contribution in [1.82, 2.24) is 4.90 Å². The summed E-state index contributed by atoms with van der Waals surface area (Å²) in [7, 11) is 3.70. The van der Waals surface area contributed by atoms with E-state index in [0.717, 1.165) is 5.56 Å². The molecule has 0 fully saturated rings. The largest absolute Gasteiger partial charge is 0.508 e. The maximum atomic E-state index is 14.0. The van der Waals surface area contributed by atoms with Crippen molar-refractivity contribution in [2.24, 2.45) is 5.16 Å². The second kappa shape index (κ2) is 8.10. The molecule has 23 heavy (non-hydrogen) atoms. The number of hydrogen-bond acceptors (Lipinski definition) is 4. The maximum absolute atomic E-state index is 14.0. The first-order valence-electron chi connectivity index (χ1n) is 7.13. The molecule has 0 aliphatic rings. The van der Waals surface area contributed by atoms with Crippen molar-refractivity contribution >= 4 is 11.8 Å². The zero-order valence-corrected chi connectivity index (χ0v) is 13.1. The van der Waals surface area contributed by atoms with Crippen LogP contribution in [0.5, 0.6) is 5.75 Å². The first-order chi connectivity index (χ1) is 11.1. The third-order valence-electron chi connectivity index (χ3n) is 2.96. The molecule has 0 heterocycles. The molecule has 0 bridgehead atoms. The number of phenolic OH excluding ortho intramolecular Hbond substituents is 1. The number of benzene rings is 2. The van der Waals surface area contributed by atoms with E-state index in [4.69, 9.17) is 4.84 Å². The molecule has 4 nitrogen and oxygen atoms in total. The number of nitrogens with zero attached hydrogens (tertiary/aromatic N) is 2. The fourth-order valence-corrected chi connectivity index (χ4v) is 1.81. The van der Waals surface area contributed by atoms with Crippen molar-refractivity contribution in [3.63, 3.8) is 0 Å². The number of allylic oxidation sites excluding steroid dienone is 1. The minimum absolute atomic E-state index is 0.194. The van der Waals surface area contributed by atoms with Crippen LogP contribution in [0.1, 0.15) is 11.1 Å². The average molecular weight is 314 g/mol. The lowest BCUT2D eigenvalue weighted by Crippen LogP contribution is -2.14. The van der Waals surface area contributed by atoms with Gasteiger partial charge in [-0.1, -0.05) is 35.5 Å². The van der Waals surface area contributed by atoms with E-state index in [0.29, 0.717) is 18.0 Å². The molecule has 0 aliphatic heterocycles. The summed E-state index contributed by atoms with van der Waals surface area (Å²) < 4.78 is 14.0. The highest BCUT2D eigenvalue weighted by atomic mass is 19.1. The third-order valence-corrected chi connectivity index (χ3v) is 2.96. The van der Waals surface area contributed by atoms with E-state index in [1.165, 1.54) is 6.07 Å². The summed E-state index contributed by atoms with van der Waals surface area (Å²) in [6.45, 7) is 0.297. The topological polar surface area (TPSA) is 45.1 Å². The van der Waals surface area contributed by atoms with Crippen LogP contribution in [-0.4, -0.2) is 36.5 Å². The molecule has 2 aromatic rings. The van der Waals surface area contributed by atoms with Crippen LogP contribution in [0.25, 0.3) is 6.08 Å². The van der Waals surface area contributed by atoms with Crippen LogP contribution in [0.3, 0.4) is 0 Å². The number of hydrogen-bond donors (Lipinski definition) is 1. The average Bonchev–Trinajstić information content (AvgIpc) is 2.53. The Bertz CT molecular complexity index is 694. The molecular formula is C18H19FN2O2. The summed E-state index contributed by atoms with van der Waals surface area (Å²) in [5, 5.41) is 13.3. The van der Waals surface area contributed by atoms with Crippen LogP contribution >= 0.6 is 0 Å². The highest BCUT2D eigenvalue weighted by molar-refractivity contribution is 6.10. The van der Waals surface area contributed by atoms with Crippen molar-refractivity contribution < 1.29 is 14.3 Å². The highest BCUT2D eigenvalue weighted by Crippen LogP contribution is 2.13. The number of phenols is 1. The van der Waals surface area contributed by atoms with E-state index < -0.39 is 0 Å². The minimum Gasteiger partial charge on any atom is -0.508 e. The van der Waals surface area contributed by atoms with Crippen molar-refractivity contribution in [3.8, 4) is 5.75 Å². The lowest BCUT2D eigenvalue weighted by molar-refractivity contribution is 0.0618. The monoisotopic (exact) mass is 314 g/mol. The van der Waals surface area contributed by atoms with Crippen LogP contribution in [0.2, 0.25) is 0 Å². The zero-order chi connectivity index (χ0) is 16.7. The normalized spacial score (nSPS) is 12.1. The van der Waals surface area contributed by atoms with Gasteiger partial charge in [-0.3, -0.25) is 4.90 Å². The standard InChI is InChI=1S/C18H19FN2O2/c1-21(2)13-23-20-18(16-5-3-4-6-17(16)19)12-9-14-7-10-15(22)11-8-14/h3-12,22H,13H2,1-2H3/b12-9+,20-18-. The van der Waals surface area contributed by atoms with Gasteiger partial charge in [-0.25, -0.2) is 4.39 Å². The molecule has 1 N–H and O–H groups in total. The summed E-state index contributed by atoms with van der Waals surface area (Å²) in [5.41, 5.74) is 1.61. The fraction of sp³-hybridized carbons (Fsp3) is 0.167. The van der Waals surface area contributed by atoms with Gasteiger partial charge in [-0.2, -0.15) is 0 Å². The Morgan fingerprint density at radius 1 is 1.17 bits per heavy atom. The smallest absolute Gasteiger partial charge is 0.170 e. The van der Waals surface area contributed by atoms with Crippen LogP contribution in [0.15, 0.2) is 59.8 Å². The number of rotatable bonds is 6. The molecule has 0 saturated carbocycles.